The Kier molecular flexibility index (Phi) is 4.50. The lowest BCUT2D eigenvalue weighted by Gasteiger charge is -2.16. The summed E-state index contributed by atoms with van der Waals surface area (Å²) in [4.78, 5) is 16.0. The van der Waals surface area contributed by atoms with Gasteiger partial charge < -0.3 is 10.6 Å². The molecule has 0 saturated heterocycles. The number of halogens is 1. The molecule has 24 heavy (non-hydrogen) atoms. The number of aromatic nitrogens is 5. The smallest absolute Gasteiger partial charge is 0.319 e. The van der Waals surface area contributed by atoms with Gasteiger partial charge in [0.1, 0.15) is 18.5 Å². The molecular formula is C15H16FN7O. The number of hydrogen-bond donors (Lipinski definition) is 2. The molecule has 0 spiro atoms. The van der Waals surface area contributed by atoms with E-state index in [0.29, 0.717) is 17.9 Å². The van der Waals surface area contributed by atoms with Crippen LogP contribution in [0.15, 0.2) is 49.3 Å². The highest BCUT2D eigenvalue weighted by Crippen LogP contribution is 2.20. The fourth-order valence-electron chi connectivity index (χ4n) is 2.25. The van der Waals surface area contributed by atoms with Gasteiger partial charge in [0.25, 0.3) is 0 Å². The minimum absolute atomic E-state index is 0.187. The van der Waals surface area contributed by atoms with E-state index in [1.54, 1.807) is 40.2 Å². The zero-order chi connectivity index (χ0) is 16.9. The van der Waals surface area contributed by atoms with Gasteiger partial charge in [-0.3, -0.25) is 4.68 Å². The van der Waals surface area contributed by atoms with Gasteiger partial charge in [0.05, 0.1) is 17.9 Å². The third-order valence-electron chi connectivity index (χ3n) is 3.26. The van der Waals surface area contributed by atoms with Crippen molar-refractivity contribution in [2.45, 2.75) is 19.5 Å². The molecule has 2 N–H and O–H groups in total. The van der Waals surface area contributed by atoms with E-state index in [9.17, 15) is 9.18 Å². The number of hydrogen-bond acceptors (Lipinski definition) is 4. The Hall–Kier alpha value is -3.23. The van der Waals surface area contributed by atoms with Gasteiger partial charge in [0.2, 0.25) is 0 Å². The fourth-order valence-corrected chi connectivity index (χ4v) is 2.25. The summed E-state index contributed by atoms with van der Waals surface area (Å²) >= 11 is 0. The lowest BCUT2D eigenvalue weighted by atomic mass is 10.2. The number of benzene rings is 1. The van der Waals surface area contributed by atoms with Crippen molar-refractivity contribution >= 4 is 11.7 Å². The summed E-state index contributed by atoms with van der Waals surface area (Å²) in [6, 6.07) is 5.23. The summed E-state index contributed by atoms with van der Waals surface area (Å²) in [5, 5.41) is 13.5. The van der Waals surface area contributed by atoms with Crippen LogP contribution in [0.3, 0.4) is 0 Å². The third kappa shape index (κ3) is 3.75. The van der Waals surface area contributed by atoms with Crippen LogP contribution in [0.5, 0.6) is 0 Å². The summed E-state index contributed by atoms with van der Waals surface area (Å²) < 4.78 is 16.7. The lowest BCUT2D eigenvalue weighted by Crippen LogP contribution is -2.38. The number of urea groups is 1. The van der Waals surface area contributed by atoms with E-state index in [2.05, 4.69) is 25.8 Å². The van der Waals surface area contributed by atoms with Gasteiger partial charge in [0.15, 0.2) is 0 Å². The van der Waals surface area contributed by atoms with Gasteiger partial charge in [-0.15, -0.1) is 0 Å². The molecule has 0 unspecified atom stereocenters. The Morgan fingerprint density at radius 3 is 2.96 bits per heavy atom. The van der Waals surface area contributed by atoms with Crippen LogP contribution in [-0.4, -0.2) is 36.6 Å². The molecule has 124 valence electrons. The van der Waals surface area contributed by atoms with Gasteiger partial charge in [-0.25, -0.2) is 18.9 Å². The molecule has 1 aromatic carbocycles. The third-order valence-corrected chi connectivity index (χ3v) is 3.26. The van der Waals surface area contributed by atoms with Gasteiger partial charge in [-0.2, -0.15) is 10.2 Å². The molecule has 8 nitrogen and oxygen atoms in total. The number of nitrogens with zero attached hydrogens (tertiary/aromatic N) is 5. The molecule has 3 rings (SSSR count). The van der Waals surface area contributed by atoms with Crippen LogP contribution >= 0.6 is 0 Å². The van der Waals surface area contributed by atoms with Gasteiger partial charge in [0, 0.05) is 18.4 Å². The Morgan fingerprint density at radius 2 is 2.25 bits per heavy atom. The van der Waals surface area contributed by atoms with Gasteiger partial charge >= 0.3 is 6.03 Å². The largest absolute Gasteiger partial charge is 0.334 e. The van der Waals surface area contributed by atoms with Crippen molar-refractivity contribution in [1.29, 1.82) is 0 Å². The van der Waals surface area contributed by atoms with Crippen LogP contribution in [0.4, 0.5) is 14.9 Å². The zero-order valence-corrected chi connectivity index (χ0v) is 12.9. The Labute approximate surface area is 137 Å². The van der Waals surface area contributed by atoms with E-state index in [0.717, 1.165) is 0 Å². The van der Waals surface area contributed by atoms with Crippen LogP contribution in [-0.2, 0) is 6.54 Å². The van der Waals surface area contributed by atoms with Crippen LogP contribution in [0, 0.1) is 5.82 Å². The number of anilines is 1. The monoisotopic (exact) mass is 329 g/mol. The second-order valence-electron chi connectivity index (χ2n) is 5.23. The maximum absolute atomic E-state index is 13.5. The van der Waals surface area contributed by atoms with E-state index in [4.69, 9.17) is 0 Å². The van der Waals surface area contributed by atoms with Crippen molar-refractivity contribution in [2.75, 3.05) is 5.32 Å². The first kappa shape index (κ1) is 15.7. The highest BCUT2D eigenvalue weighted by atomic mass is 19.1. The number of nitrogens with one attached hydrogen (secondary N) is 2. The molecular weight excluding hydrogens is 313 g/mol. The first-order valence-corrected chi connectivity index (χ1v) is 7.31. The first-order valence-electron chi connectivity index (χ1n) is 7.31. The summed E-state index contributed by atoms with van der Waals surface area (Å²) in [6.45, 7) is 2.31. The van der Waals surface area contributed by atoms with Crippen molar-refractivity contribution in [3.8, 4) is 5.69 Å². The molecule has 2 heterocycles. The number of rotatable bonds is 5. The van der Waals surface area contributed by atoms with Crippen LogP contribution in [0.2, 0.25) is 0 Å². The fraction of sp³-hybridized carbons (Fsp3) is 0.200. The molecule has 2 amide bonds. The van der Waals surface area contributed by atoms with Crippen LogP contribution < -0.4 is 10.6 Å². The molecule has 2 aromatic heterocycles. The van der Waals surface area contributed by atoms with Crippen LogP contribution in [0.25, 0.3) is 5.69 Å². The van der Waals surface area contributed by atoms with Gasteiger partial charge in [-0.1, -0.05) is 0 Å². The molecule has 0 radical (unpaired) electrons. The molecule has 9 heteroatoms. The summed E-state index contributed by atoms with van der Waals surface area (Å²) in [5.74, 6) is -0.447. The Morgan fingerprint density at radius 1 is 1.38 bits per heavy atom. The average Bonchev–Trinajstić information content (AvgIpc) is 3.20. The van der Waals surface area contributed by atoms with Crippen molar-refractivity contribution in [3.05, 3.63) is 55.1 Å². The van der Waals surface area contributed by atoms with E-state index >= 15 is 0 Å². The molecule has 0 aliphatic carbocycles. The van der Waals surface area contributed by atoms with Crippen molar-refractivity contribution in [1.82, 2.24) is 29.9 Å². The maximum Gasteiger partial charge on any atom is 0.319 e. The van der Waals surface area contributed by atoms with E-state index in [-0.39, 0.29) is 6.04 Å². The predicted molar refractivity (Wildman–Crippen MR) is 85.2 cm³/mol. The quantitative estimate of drug-likeness (QED) is 0.747. The predicted octanol–water partition coefficient (Wildman–Crippen LogP) is 1.81. The minimum atomic E-state index is -0.447. The molecule has 0 bridgehead atoms. The molecule has 0 aliphatic heterocycles. The lowest BCUT2D eigenvalue weighted by molar-refractivity contribution is 0.247. The number of carbonyl (C=O) groups is 1. The number of amides is 2. The molecule has 0 aliphatic rings. The van der Waals surface area contributed by atoms with E-state index in [1.165, 1.54) is 18.5 Å². The Balaban J connectivity index is 1.69. The maximum atomic E-state index is 13.5. The average molecular weight is 329 g/mol. The van der Waals surface area contributed by atoms with E-state index in [1.807, 2.05) is 6.92 Å². The first-order chi connectivity index (χ1) is 11.6. The van der Waals surface area contributed by atoms with Crippen molar-refractivity contribution in [3.63, 3.8) is 0 Å². The second kappa shape index (κ2) is 6.90. The van der Waals surface area contributed by atoms with Gasteiger partial charge in [-0.05, 0) is 31.2 Å². The topological polar surface area (TPSA) is 89.7 Å². The standard InChI is InChI=1S/C15H16FN7O/c1-11(8-22-10-17-9-19-22)20-15(24)21-13-7-12(16)3-4-14(13)23-6-2-5-18-23/h2-7,9-11H,8H2,1H3,(H2,20,21,24)/t11-/m0/s1. The molecule has 0 fully saturated rings. The van der Waals surface area contributed by atoms with Crippen molar-refractivity contribution < 1.29 is 9.18 Å². The normalized spacial score (nSPS) is 11.9. The second-order valence-corrected chi connectivity index (χ2v) is 5.23. The summed E-state index contributed by atoms with van der Waals surface area (Å²) in [7, 11) is 0. The Bertz CT molecular complexity index is 801. The van der Waals surface area contributed by atoms with Crippen molar-refractivity contribution in [2.24, 2.45) is 0 Å². The molecule has 3 aromatic rings. The molecule has 0 saturated carbocycles. The van der Waals surface area contributed by atoms with Crippen LogP contribution in [0.1, 0.15) is 6.92 Å². The SMILES string of the molecule is C[C@@H](Cn1cncn1)NC(=O)Nc1cc(F)ccc1-n1cccn1. The number of carbonyl (C=O) groups excluding carboxylic acids is 1. The highest BCUT2D eigenvalue weighted by Gasteiger charge is 2.12. The highest BCUT2D eigenvalue weighted by molar-refractivity contribution is 5.91. The zero-order valence-electron chi connectivity index (χ0n) is 12.9. The molecule has 1 atom stereocenters. The summed E-state index contributed by atoms with van der Waals surface area (Å²) in [6.07, 6.45) is 6.31. The van der Waals surface area contributed by atoms with E-state index < -0.39 is 11.8 Å². The minimum Gasteiger partial charge on any atom is -0.334 e. The summed E-state index contributed by atoms with van der Waals surface area (Å²) in [5.41, 5.74) is 0.893.